The van der Waals surface area contributed by atoms with E-state index in [4.69, 9.17) is 5.73 Å². The van der Waals surface area contributed by atoms with E-state index in [1.807, 2.05) is 0 Å². The Bertz CT molecular complexity index is 432. The molecule has 1 saturated carbocycles. The van der Waals surface area contributed by atoms with Crippen LogP contribution in [0.2, 0.25) is 0 Å². The fraction of sp³-hybridized carbons (Fsp3) is 0.692. The average Bonchev–Trinajstić information content (AvgIpc) is 2.82. The van der Waals surface area contributed by atoms with E-state index >= 15 is 0 Å². The van der Waals surface area contributed by atoms with Gasteiger partial charge in [-0.2, -0.15) is 5.10 Å². The first kappa shape index (κ1) is 14.0. The van der Waals surface area contributed by atoms with Crippen LogP contribution in [0.15, 0.2) is 12.4 Å². The van der Waals surface area contributed by atoms with Crippen LogP contribution in [0.5, 0.6) is 0 Å². The molecular formula is C13H22N4O2. The third-order valence-corrected chi connectivity index (χ3v) is 3.69. The highest BCUT2D eigenvalue weighted by atomic mass is 16.3. The summed E-state index contributed by atoms with van der Waals surface area (Å²) in [7, 11) is 1.79. The monoisotopic (exact) mass is 266 g/mol. The van der Waals surface area contributed by atoms with Gasteiger partial charge >= 0.3 is 0 Å². The number of aryl methyl sites for hydroxylation is 1. The van der Waals surface area contributed by atoms with E-state index < -0.39 is 6.04 Å². The molecule has 1 aliphatic carbocycles. The van der Waals surface area contributed by atoms with E-state index in [-0.39, 0.29) is 12.0 Å². The molecule has 3 unspecified atom stereocenters. The van der Waals surface area contributed by atoms with E-state index in [1.54, 1.807) is 24.1 Å². The van der Waals surface area contributed by atoms with Crippen molar-refractivity contribution in [2.45, 2.75) is 37.8 Å². The summed E-state index contributed by atoms with van der Waals surface area (Å²) in [5.74, 6) is 0.168. The van der Waals surface area contributed by atoms with Gasteiger partial charge in [-0.1, -0.05) is 6.42 Å². The highest BCUT2D eigenvalue weighted by Crippen LogP contribution is 2.23. The fourth-order valence-electron chi connectivity index (χ4n) is 2.56. The largest absolute Gasteiger partial charge is 0.393 e. The Hall–Kier alpha value is -1.40. The van der Waals surface area contributed by atoms with Crippen molar-refractivity contribution in [1.29, 1.82) is 0 Å². The van der Waals surface area contributed by atoms with Crippen LogP contribution >= 0.6 is 0 Å². The standard InChI is InChI=1S/C13H22N4O2/c1-17-8-10(7-16-17)12(14)13(19)15-6-9-3-2-4-11(18)5-9/h7-9,11-12,18H,2-6,14H2,1H3,(H,15,19). The Morgan fingerprint density at radius 2 is 2.47 bits per heavy atom. The Labute approximate surface area is 113 Å². The summed E-state index contributed by atoms with van der Waals surface area (Å²) in [5, 5.41) is 16.5. The topological polar surface area (TPSA) is 93.2 Å². The molecule has 1 amide bonds. The van der Waals surface area contributed by atoms with E-state index in [0.717, 1.165) is 25.7 Å². The molecule has 0 saturated heterocycles. The van der Waals surface area contributed by atoms with Crippen molar-refractivity contribution in [3.8, 4) is 0 Å². The number of carbonyl (C=O) groups is 1. The molecule has 1 aliphatic rings. The van der Waals surface area contributed by atoms with Gasteiger partial charge in [0.15, 0.2) is 0 Å². The lowest BCUT2D eigenvalue weighted by Gasteiger charge is -2.26. The number of carbonyl (C=O) groups excluding carboxylic acids is 1. The zero-order valence-corrected chi connectivity index (χ0v) is 11.2. The number of aliphatic hydroxyl groups is 1. The molecule has 0 aromatic carbocycles. The van der Waals surface area contributed by atoms with Gasteiger partial charge in [0.1, 0.15) is 6.04 Å². The molecule has 3 atom stereocenters. The second-order valence-corrected chi connectivity index (χ2v) is 5.36. The fourth-order valence-corrected chi connectivity index (χ4v) is 2.56. The van der Waals surface area contributed by atoms with Gasteiger partial charge in [0.25, 0.3) is 0 Å². The van der Waals surface area contributed by atoms with Crippen molar-refractivity contribution in [1.82, 2.24) is 15.1 Å². The van der Waals surface area contributed by atoms with Crippen molar-refractivity contribution in [3.63, 3.8) is 0 Å². The van der Waals surface area contributed by atoms with Crippen molar-refractivity contribution in [2.75, 3.05) is 6.54 Å². The molecule has 106 valence electrons. The zero-order valence-electron chi connectivity index (χ0n) is 11.2. The van der Waals surface area contributed by atoms with Crippen LogP contribution in [-0.2, 0) is 11.8 Å². The molecular weight excluding hydrogens is 244 g/mol. The first-order chi connectivity index (χ1) is 9.06. The molecule has 4 N–H and O–H groups in total. The van der Waals surface area contributed by atoms with Crippen LogP contribution in [0.3, 0.4) is 0 Å². The average molecular weight is 266 g/mol. The molecule has 0 bridgehead atoms. The highest BCUT2D eigenvalue weighted by molar-refractivity contribution is 5.82. The number of nitrogens with one attached hydrogen (secondary N) is 1. The molecule has 0 radical (unpaired) electrons. The number of hydrogen-bond acceptors (Lipinski definition) is 4. The van der Waals surface area contributed by atoms with Crippen LogP contribution in [0, 0.1) is 5.92 Å². The smallest absolute Gasteiger partial charge is 0.241 e. The quantitative estimate of drug-likeness (QED) is 0.720. The van der Waals surface area contributed by atoms with Crippen LogP contribution in [0.1, 0.15) is 37.3 Å². The second-order valence-electron chi connectivity index (χ2n) is 5.36. The summed E-state index contributed by atoms with van der Waals surface area (Å²) in [6.07, 6.45) is 6.85. The molecule has 2 rings (SSSR count). The number of aliphatic hydroxyl groups excluding tert-OH is 1. The lowest BCUT2D eigenvalue weighted by atomic mass is 9.87. The second kappa shape index (κ2) is 6.16. The Morgan fingerprint density at radius 1 is 1.68 bits per heavy atom. The summed E-state index contributed by atoms with van der Waals surface area (Å²) < 4.78 is 1.62. The van der Waals surface area contributed by atoms with Crippen molar-refractivity contribution >= 4 is 5.91 Å². The van der Waals surface area contributed by atoms with E-state index in [1.165, 1.54) is 0 Å². The van der Waals surface area contributed by atoms with Crippen LogP contribution in [0.25, 0.3) is 0 Å². The lowest BCUT2D eigenvalue weighted by Crippen LogP contribution is -2.38. The van der Waals surface area contributed by atoms with Crippen LogP contribution < -0.4 is 11.1 Å². The third-order valence-electron chi connectivity index (χ3n) is 3.69. The van der Waals surface area contributed by atoms with Crippen molar-refractivity contribution in [3.05, 3.63) is 18.0 Å². The maximum atomic E-state index is 11.9. The maximum Gasteiger partial charge on any atom is 0.241 e. The molecule has 1 heterocycles. The van der Waals surface area contributed by atoms with Crippen LogP contribution in [-0.4, -0.2) is 33.4 Å². The van der Waals surface area contributed by atoms with Gasteiger partial charge in [-0.25, -0.2) is 0 Å². The summed E-state index contributed by atoms with van der Waals surface area (Å²) in [6.45, 7) is 0.587. The van der Waals surface area contributed by atoms with Gasteiger partial charge < -0.3 is 16.2 Å². The molecule has 0 spiro atoms. The van der Waals surface area contributed by atoms with Crippen molar-refractivity contribution in [2.24, 2.45) is 18.7 Å². The predicted molar refractivity (Wildman–Crippen MR) is 71.1 cm³/mol. The third kappa shape index (κ3) is 3.78. The first-order valence-electron chi connectivity index (χ1n) is 6.76. The van der Waals surface area contributed by atoms with Gasteiger partial charge in [-0.15, -0.1) is 0 Å². The molecule has 1 aromatic heterocycles. The van der Waals surface area contributed by atoms with Crippen molar-refractivity contribution < 1.29 is 9.90 Å². The lowest BCUT2D eigenvalue weighted by molar-refractivity contribution is -0.122. The highest BCUT2D eigenvalue weighted by Gasteiger charge is 2.22. The minimum atomic E-state index is -0.679. The molecule has 0 aliphatic heterocycles. The number of hydrogen-bond donors (Lipinski definition) is 3. The summed E-state index contributed by atoms with van der Waals surface area (Å²) >= 11 is 0. The molecule has 1 fully saturated rings. The van der Waals surface area contributed by atoms with Gasteiger partial charge in [0.2, 0.25) is 5.91 Å². The molecule has 19 heavy (non-hydrogen) atoms. The predicted octanol–water partition coefficient (Wildman–Crippen LogP) is 0.0872. The van der Waals surface area contributed by atoms with E-state index in [2.05, 4.69) is 10.4 Å². The number of nitrogens with zero attached hydrogens (tertiary/aromatic N) is 2. The zero-order chi connectivity index (χ0) is 13.8. The van der Waals surface area contributed by atoms with E-state index in [9.17, 15) is 9.90 Å². The van der Waals surface area contributed by atoms with Gasteiger partial charge in [-0.05, 0) is 25.2 Å². The SMILES string of the molecule is Cn1cc(C(N)C(=O)NCC2CCCC(O)C2)cn1. The Balaban J connectivity index is 1.80. The maximum absolute atomic E-state index is 11.9. The Morgan fingerprint density at radius 3 is 3.11 bits per heavy atom. The van der Waals surface area contributed by atoms with Gasteiger partial charge in [0, 0.05) is 25.4 Å². The number of rotatable bonds is 4. The van der Waals surface area contributed by atoms with Gasteiger partial charge in [-0.3, -0.25) is 9.48 Å². The first-order valence-corrected chi connectivity index (χ1v) is 6.76. The number of aromatic nitrogens is 2. The summed E-state index contributed by atoms with van der Waals surface area (Å²) in [6, 6.07) is -0.679. The van der Waals surface area contributed by atoms with E-state index in [0.29, 0.717) is 18.0 Å². The molecule has 6 heteroatoms. The number of nitrogens with two attached hydrogens (primary N) is 1. The minimum Gasteiger partial charge on any atom is -0.393 e. The van der Waals surface area contributed by atoms with Gasteiger partial charge in [0.05, 0.1) is 12.3 Å². The Kier molecular flexibility index (Phi) is 4.55. The number of amides is 1. The summed E-state index contributed by atoms with van der Waals surface area (Å²) in [5.41, 5.74) is 6.59. The minimum absolute atomic E-state index is 0.187. The molecule has 6 nitrogen and oxygen atoms in total. The van der Waals surface area contributed by atoms with Crippen LogP contribution in [0.4, 0.5) is 0 Å². The summed E-state index contributed by atoms with van der Waals surface area (Å²) in [4.78, 5) is 11.9. The normalized spacial score (nSPS) is 25.0. The molecule has 1 aromatic rings.